The molecule has 1 N–H and O–H groups in total. The lowest BCUT2D eigenvalue weighted by Crippen LogP contribution is -2.08. The Balaban J connectivity index is 2.44. The van der Waals surface area contributed by atoms with Crippen molar-refractivity contribution in [2.75, 3.05) is 0 Å². The number of rotatable bonds is 4. The van der Waals surface area contributed by atoms with E-state index >= 15 is 0 Å². The lowest BCUT2D eigenvalue weighted by atomic mass is 10.1. The van der Waals surface area contributed by atoms with Crippen molar-refractivity contribution in [2.24, 2.45) is 0 Å². The van der Waals surface area contributed by atoms with Gasteiger partial charge in [-0.2, -0.15) is 0 Å². The Morgan fingerprint density at radius 3 is 2.39 bits per heavy atom. The lowest BCUT2D eigenvalue weighted by molar-refractivity contribution is 0.0697. The van der Waals surface area contributed by atoms with E-state index in [0.717, 1.165) is 0 Å². The molecule has 1 heterocycles. The van der Waals surface area contributed by atoms with E-state index < -0.39 is 5.97 Å². The van der Waals surface area contributed by atoms with Gasteiger partial charge >= 0.3 is 5.97 Å². The van der Waals surface area contributed by atoms with Gasteiger partial charge in [0, 0.05) is 18.3 Å². The Morgan fingerprint density at radius 2 is 1.83 bits per heavy atom. The minimum atomic E-state index is -1.02. The molecule has 0 radical (unpaired) electrons. The molecule has 0 saturated heterocycles. The summed E-state index contributed by atoms with van der Waals surface area (Å²) < 4.78 is 1.65. The number of carboxylic acids is 1. The first kappa shape index (κ1) is 12.1. The van der Waals surface area contributed by atoms with Crippen LogP contribution in [-0.4, -0.2) is 21.4 Å². The number of nitrogens with zero attached hydrogens (tertiary/aromatic N) is 1. The molecule has 0 aliphatic heterocycles. The molecule has 2 rings (SSSR count). The third-order valence-electron chi connectivity index (χ3n) is 2.75. The number of carbonyl (C=O) groups excluding carboxylic acids is 1. The van der Waals surface area contributed by atoms with Crippen LogP contribution in [0.4, 0.5) is 0 Å². The zero-order valence-corrected chi connectivity index (χ0v) is 9.96. The fourth-order valence-corrected chi connectivity index (χ4v) is 1.82. The van der Waals surface area contributed by atoms with Gasteiger partial charge < -0.3 is 9.67 Å². The highest BCUT2D eigenvalue weighted by Gasteiger charge is 2.17. The average molecular weight is 243 g/mol. The molecule has 4 heteroatoms. The molecule has 1 aromatic carbocycles. The van der Waals surface area contributed by atoms with E-state index in [2.05, 4.69) is 0 Å². The fraction of sp³-hybridized carbons (Fsp3) is 0.143. The van der Waals surface area contributed by atoms with E-state index in [9.17, 15) is 9.59 Å². The van der Waals surface area contributed by atoms with Crippen molar-refractivity contribution in [3.05, 3.63) is 59.4 Å². The van der Waals surface area contributed by atoms with Crippen molar-refractivity contribution in [2.45, 2.75) is 13.5 Å². The number of benzene rings is 1. The molecule has 2 aromatic rings. The summed E-state index contributed by atoms with van der Waals surface area (Å²) in [6.07, 6.45) is 1.48. The zero-order valence-electron chi connectivity index (χ0n) is 9.96. The molecule has 0 unspecified atom stereocenters. The topological polar surface area (TPSA) is 59.3 Å². The van der Waals surface area contributed by atoms with E-state index in [0.29, 0.717) is 17.8 Å². The first-order valence-corrected chi connectivity index (χ1v) is 5.66. The van der Waals surface area contributed by atoms with Crippen LogP contribution in [0.15, 0.2) is 42.6 Å². The van der Waals surface area contributed by atoms with Crippen molar-refractivity contribution in [3.63, 3.8) is 0 Å². The molecule has 92 valence electrons. The summed E-state index contributed by atoms with van der Waals surface area (Å²) in [7, 11) is 0. The maximum atomic E-state index is 12.2. The third-order valence-corrected chi connectivity index (χ3v) is 2.75. The Bertz CT molecular complexity index is 584. The van der Waals surface area contributed by atoms with Gasteiger partial charge in [0.2, 0.25) is 5.78 Å². The van der Waals surface area contributed by atoms with Gasteiger partial charge in [-0.05, 0) is 13.0 Å². The van der Waals surface area contributed by atoms with E-state index in [1.165, 1.54) is 12.3 Å². The molecular formula is C14H13NO3. The smallest absolute Gasteiger partial charge is 0.337 e. The summed E-state index contributed by atoms with van der Waals surface area (Å²) in [5.41, 5.74) is 1.10. The number of hydrogen-bond donors (Lipinski definition) is 1. The lowest BCUT2D eigenvalue weighted by Gasteiger charge is -2.04. The second kappa shape index (κ2) is 4.87. The van der Waals surface area contributed by atoms with Gasteiger partial charge in [-0.15, -0.1) is 0 Å². The summed E-state index contributed by atoms with van der Waals surface area (Å²) in [5.74, 6) is -1.19. The fourth-order valence-electron chi connectivity index (χ4n) is 1.82. The average Bonchev–Trinajstić information content (AvgIpc) is 2.83. The maximum Gasteiger partial charge on any atom is 0.337 e. The van der Waals surface area contributed by atoms with Crippen LogP contribution in [0.1, 0.15) is 33.3 Å². The molecule has 0 atom stereocenters. The number of carboxylic acid groups (broad SMARTS) is 1. The highest BCUT2D eigenvalue weighted by Crippen LogP contribution is 2.14. The summed E-state index contributed by atoms with van der Waals surface area (Å²) >= 11 is 0. The Kier molecular flexibility index (Phi) is 3.28. The number of aromatic nitrogens is 1. The second-order valence-electron chi connectivity index (χ2n) is 3.90. The molecule has 0 fully saturated rings. The van der Waals surface area contributed by atoms with Crippen LogP contribution in [0.2, 0.25) is 0 Å². The van der Waals surface area contributed by atoms with E-state index in [4.69, 9.17) is 5.11 Å². The summed E-state index contributed by atoms with van der Waals surface area (Å²) in [5, 5.41) is 8.95. The van der Waals surface area contributed by atoms with Gasteiger partial charge in [0.15, 0.2) is 0 Å². The molecular weight excluding hydrogens is 230 g/mol. The minimum Gasteiger partial charge on any atom is -0.478 e. The van der Waals surface area contributed by atoms with Gasteiger partial charge in [-0.1, -0.05) is 30.3 Å². The molecule has 0 aliphatic rings. The Hall–Kier alpha value is -2.36. The largest absolute Gasteiger partial charge is 0.478 e. The van der Waals surface area contributed by atoms with E-state index in [-0.39, 0.29) is 11.3 Å². The first-order valence-electron chi connectivity index (χ1n) is 5.66. The van der Waals surface area contributed by atoms with Crippen LogP contribution in [-0.2, 0) is 6.54 Å². The van der Waals surface area contributed by atoms with Crippen molar-refractivity contribution < 1.29 is 14.7 Å². The number of aryl methyl sites for hydroxylation is 1. The molecule has 1 aromatic heterocycles. The van der Waals surface area contributed by atoms with Crippen LogP contribution >= 0.6 is 0 Å². The van der Waals surface area contributed by atoms with Crippen molar-refractivity contribution in [3.8, 4) is 0 Å². The highest BCUT2D eigenvalue weighted by atomic mass is 16.4. The number of hydrogen-bond acceptors (Lipinski definition) is 2. The van der Waals surface area contributed by atoms with Gasteiger partial charge in [0.1, 0.15) is 0 Å². The zero-order chi connectivity index (χ0) is 13.1. The van der Waals surface area contributed by atoms with Crippen LogP contribution in [0.25, 0.3) is 0 Å². The second-order valence-corrected chi connectivity index (χ2v) is 3.90. The van der Waals surface area contributed by atoms with Gasteiger partial charge in [0.25, 0.3) is 0 Å². The third kappa shape index (κ3) is 2.18. The SMILES string of the molecule is CCn1cc(C(=O)O)cc1C(=O)c1ccccc1. The van der Waals surface area contributed by atoms with Crippen LogP contribution in [0, 0.1) is 0 Å². The molecule has 0 amide bonds. The minimum absolute atomic E-state index is 0.135. The predicted molar refractivity (Wildman–Crippen MR) is 66.9 cm³/mol. The molecule has 0 bridgehead atoms. The van der Waals surface area contributed by atoms with E-state index in [1.807, 2.05) is 13.0 Å². The highest BCUT2D eigenvalue weighted by molar-refractivity contribution is 6.09. The van der Waals surface area contributed by atoms with Gasteiger partial charge in [-0.3, -0.25) is 4.79 Å². The Morgan fingerprint density at radius 1 is 1.17 bits per heavy atom. The van der Waals surface area contributed by atoms with Crippen molar-refractivity contribution in [1.82, 2.24) is 4.57 Å². The number of aromatic carboxylic acids is 1. The van der Waals surface area contributed by atoms with Gasteiger partial charge in [-0.25, -0.2) is 4.79 Å². The molecule has 0 aliphatic carbocycles. The Labute approximate surface area is 104 Å². The van der Waals surface area contributed by atoms with Crippen molar-refractivity contribution in [1.29, 1.82) is 0 Å². The predicted octanol–water partition coefficient (Wildman–Crippen LogP) is 2.44. The molecule has 0 spiro atoms. The molecule has 0 saturated carbocycles. The standard InChI is InChI=1S/C14H13NO3/c1-2-15-9-11(14(17)18)8-12(15)13(16)10-6-4-3-5-7-10/h3-9H,2H2,1H3,(H,17,18). The summed E-state index contributed by atoms with van der Waals surface area (Å²) in [6, 6.07) is 10.3. The van der Waals surface area contributed by atoms with Gasteiger partial charge in [0.05, 0.1) is 11.3 Å². The summed E-state index contributed by atoms with van der Waals surface area (Å²) in [4.78, 5) is 23.2. The van der Waals surface area contributed by atoms with Crippen molar-refractivity contribution >= 4 is 11.8 Å². The summed E-state index contributed by atoms with van der Waals surface area (Å²) in [6.45, 7) is 2.43. The monoisotopic (exact) mass is 243 g/mol. The van der Waals surface area contributed by atoms with Crippen LogP contribution in [0.3, 0.4) is 0 Å². The molecule has 18 heavy (non-hydrogen) atoms. The number of carbonyl (C=O) groups is 2. The number of ketones is 1. The maximum absolute atomic E-state index is 12.2. The van der Waals surface area contributed by atoms with Crippen LogP contribution in [0.5, 0.6) is 0 Å². The van der Waals surface area contributed by atoms with Crippen LogP contribution < -0.4 is 0 Å². The quantitative estimate of drug-likeness (QED) is 0.839. The first-order chi connectivity index (χ1) is 8.63. The molecule has 4 nitrogen and oxygen atoms in total. The van der Waals surface area contributed by atoms with E-state index in [1.54, 1.807) is 28.8 Å². The normalized spacial score (nSPS) is 10.3.